The molecule has 2 N–H and O–H groups in total. The van der Waals surface area contributed by atoms with Crippen LogP contribution in [0, 0.1) is 0 Å². The van der Waals surface area contributed by atoms with Crippen molar-refractivity contribution in [3.05, 3.63) is 29.8 Å². The number of anilines is 1. The van der Waals surface area contributed by atoms with Crippen LogP contribution in [0.4, 0.5) is 10.5 Å². The van der Waals surface area contributed by atoms with Gasteiger partial charge in [0.25, 0.3) is 0 Å². The Bertz CT molecular complexity index is 357. The van der Waals surface area contributed by atoms with Crippen LogP contribution in [0.2, 0.25) is 0 Å². The van der Waals surface area contributed by atoms with Crippen molar-refractivity contribution in [3.63, 3.8) is 0 Å². The molecule has 0 aliphatic carbocycles. The average Bonchev–Trinajstić information content (AvgIpc) is 2.29. The minimum atomic E-state index is -0.655. The first kappa shape index (κ1) is 13.0. The van der Waals surface area contributed by atoms with Crippen molar-refractivity contribution >= 4 is 27.7 Å². The number of nitrogens with one attached hydrogen (secondary N) is 1. The fourth-order valence-electron chi connectivity index (χ4n) is 1.26. The zero-order chi connectivity index (χ0) is 12.0. The lowest BCUT2D eigenvalue weighted by atomic mass is 10.1. The number of aliphatic hydroxyl groups excluding tert-OH is 1. The Labute approximate surface area is 103 Å². The van der Waals surface area contributed by atoms with Gasteiger partial charge in [-0.3, -0.25) is 5.32 Å². The summed E-state index contributed by atoms with van der Waals surface area (Å²) in [7, 11) is 0. The van der Waals surface area contributed by atoms with Crippen LogP contribution >= 0.6 is 15.9 Å². The lowest BCUT2D eigenvalue weighted by Crippen LogP contribution is -2.15. The smallest absolute Gasteiger partial charge is 0.411 e. The van der Waals surface area contributed by atoms with Crippen LogP contribution in [-0.4, -0.2) is 23.1 Å². The van der Waals surface area contributed by atoms with Gasteiger partial charge in [-0.2, -0.15) is 0 Å². The molecule has 0 aliphatic rings. The summed E-state index contributed by atoms with van der Waals surface area (Å²) in [5, 5.41) is 12.7. The van der Waals surface area contributed by atoms with Gasteiger partial charge in [0.2, 0.25) is 0 Å². The first-order chi connectivity index (χ1) is 7.69. The van der Waals surface area contributed by atoms with Crippen molar-refractivity contribution in [3.8, 4) is 0 Å². The lowest BCUT2D eigenvalue weighted by Gasteiger charge is -2.13. The third-order valence-corrected chi connectivity index (χ3v) is 2.59. The van der Waals surface area contributed by atoms with E-state index in [4.69, 9.17) is 4.74 Å². The zero-order valence-corrected chi connectivity index (χ0v) is 10.5. The number of carbonyl (C=O) groups excluding carboxylic acids is 1. The number of halogens is 1. The lowest BCUT2D eigenvalue weighted by molar-refractivity contribution is 0.167. The molecule has 0 aromatic heterocycles. The largest absolute Gasteiger partial charge is 0.450 e. The molecule has 0 saturated carbocycles. The highest BCUT2D eigenvalue weighted by molar-refractivity contribution is 9.09. The SMILES string of the molecule is CCOC(=O)Nc1ccccc1C(O)CBr. The normalized spacial score (nSPS) is 11.9. The molecule has 1 aromatic carbocycles. The van der Waals surface area contributed by atoms with E-state index in [9.17, 15) is 9.90 Å². The second-order valence-corrected chi connectivity index (χ2v) is 3.75. The number of hydrogen-bond donors (Lipinski definition) is 2. The van der Waals surface area contributed by atoms with E-state index in [1.807, 2.05) is 0 Å². The van der Waals surface area contributed by atoms with E-state index >= 15 is 0 Å². The summed E-state index contributed by atoms with van der Waals surface area (Å²) in [6.45, 7) is 2.05. The number of benzene rings is 1. The minimum absolute atomic E-state index is 0.314. The first-order valence-corrected chi connectivity index (χ1v) is 6.08. The molecule has 0 spiro atoms. The molecule has 0 heterocycles. The van der Waals surface area contributed by atoms with E-state index in [2.05, 4.69) is 21.2 Å². The number of aliphatic hydroxyl groups is 1. The topological polar surface area (TPSA) is 58.6 Å². The van der Waals surface area contributed by atoms with E-state index in [1.165, 1.54) is 0 Å². The highest BCUT2D eigenvalue weighted by Crippen LogP contribution is 2.24. The number of ether oxygens (including phenoxy) is 1. The van der Waals surface area contributed by atoms with E-state index in [-0.39, 0.29) is 0 Å². The van der Waals surface area contributed by atoms with Crippen molar-refractivity contribution in [2.45, 2.75) is 13.0 Å². The number of para-hydroxylation sites is 1. The van der Waals surface area contributed by atoms with Crippen LogP contribution in [0.1, 0.15) is 18.6 Å². The molecule has 1 amide bonds. The predicted octanol–water partition coefficient (Wildman–Crippen LogP) is 2.68. The summed E-state index contributed by atoms with van der Waals surface area (Å²) in [6, 6.07) is 7.06. The fourth-order valence-corrected chi connectivity index (χ4v) is 1.61. The Morgan fingerprint density at radius 2 is 2.25 bits per heavy atom. The Kier molecular flexibility index (Phi) is 5.28. The summed E-state index contributed by atoms with van der Waals surface area (Å²) in [4.78, 5) is 11.2. The quantitative estimate of drug-likeness (QED) is 0.837. The third kappa shape index (κ3) is 3.50. The molecule has 1 atom stereocenters. The van der Waals surface area contributed by atoms with Gasteiger partial charge in [-0.05, 0) is 13.0 Å². The van der Waals surface area contributed by atoms with E-state index in [1.54, 1.807) is 31.2 Å². The van der Waals surface area contributed by atoms with E-state index in [0.29, 0.717) is 23.2 Å². The maximum atomic E-state index is 11.2. The second-order valence-electron chi connectivity index (χ2n) is 3.10. The Morgan fingerprint density at radius 1 is 1.56 bits per heavy atom. The number of hydrogen-bond acceptors (Lipinski definition) is 3. The minimum Gasteiger partial charge on any atom is -0.450 e. The highest BCUT2D eigenvalue weighted by atomic mass is 79.9. The number of alkyl halides is 1. The van der Waals surface area contributed by atoms with Crippen LogP contribution < -0.4 is 5.32 Å². The van der Waals surface area contributed by atoms with E-state index < -0.39 is 12.2 Å². The van der Waals surface area contributed by atoms with Crippen molar-refractivity contribution in [2.75, 3.05) is 17.3 Å². The molecule has 4 nitrogen and oxygen atoms in total. The van der Waals surface area contributed by atoms with Crippen LogP contribution in [0.15, 0.2) is 24.3 Å². The summed E-state index contributed by atoms with van der Waals surface area (Å²) < 4.78 is 4.77. The van der Waals surface area contributed by atoms with Crippen molar-refractivity contribution in [1.82, 2.24) is 0 Å². The fraction of sp³-hybridized carbons (Fsp3) is 0.364. The van der Waals surface area contributed by atoms with Gasteiger partial charge in [-0.15, -0.1) is 0 Å². The zero-order valence-electron chi connectivity index (χ0n) is 8.94. The van der Waals surface area contributed by atoms with Gasteiger partial charge in [0.05, 0.1) is 12.7 Å². The molecule has 0 fully saturated rings. The van der Waals surface area contributed by atoms with Crippen LogP contribution in [0.25, 0.3) is 0 Å². The Morgan fingerprint density at radius 3 is 2.88 bits per heavy atom. The highest BCUT2D eigenvalue weighted by Gasteiger charge is 2.12. The Balaban J connectivity index is 2.82. The maximum Gasteiger partial charge on any atom is 0.411 e. The third-order valence-electron chi connectivity index (χ3n) is 1.98. The summed E-state index contributed by atoms with van der Waals surface area (Å²) in [6.07, 6.45) is -1.17. The van der Waals surface area contributed by atoms with Gasteiger partial charge in [-0.1, -0.05) is 34.1 Å². The van der Waals surface area contributed by atoms with Gasteiger partial charge in [-0.25, -0.2) is 4.79 Å². The molecule has 1 unspecified atom stereocenters. The van der Waals surface area contributed by atoms with Crippen molar-refractivity contribution in [2.24, 2.45) is 0 Å². The molecule has 0 aliphatic heterocycles. The van der Waals surface area contributed by atoms with Crippen molar-refractivity contribution in [1.29, 1.82) is 0 Å². The molecular weight excluding hydrogens is 274 g/mol. The van der Waals surface area contributed by atoms with Gasteiger partial charge in [0, 0.05) is 16.6 Å². The predicted molar refractivity (Wildman–Crippen MR) is 65.8 cm³/mol. The number of amides is 1. The standard InChI is InChI=1S/C11H14BrNO3/c1-2-16-11(15)13-9-6-4-3-5-8(9)10(14)7-12/h3-6,10,14H,2,7H2,1H3,(H,13,15). The van der Waals surface area contributed by atoms with Crippen LogP contribution in [0.5, 0.6) is 0 Å². The second kappa shape index (κ2) is 6.50. The summed E-state index contributed by atoms with van der Waals surface area (Å²) >= 11 is 3.19. The summed E-state index contributed by atoms with van der Waals surface area (Å²) in [5.74, 6) is 0. The molecular formula is C11H14BrNO3. The molecule has 1 aromatic rings. The number of rotatable bonds is 4. The summed E-state index contributed by atoms with van der Waals surface area (Å²) in [5.41, 5.74) is 1.22. The van der Waals surface area contributed by atoms with Gasteiger partial charge >= 0.3 is 6.09 Å². The monoisotopic (exact) mass is 287 g/mol. The van der Waals surface area contributed by atoms with Gasteiger partial charge in [0.15, 0.2) is 0 Å². The van der Waals surface area contributed by atoms with Gasteiger partial charge < -0.3 is 9.84 Å². The van der Waals surface area contributed by atoms with Crippen molar-refractivity contribution < 1.29 is 14.6 Å². The first-order valence-electron chi connectivity index (χ1n) is 4.95. The molecule has 16 heavy (non-hydrogen) atoms. The maximum absolute atomic E-state index is 11.2. The average molecular weight is 288 g/mol. The van der Waals surface area contributed by atoms with Crippen LogP contribution in [-0.2, 0) is 4.74 Å². The molecule has 0 bridgehead atoms. The van der Waals surface area contributed by atoms with Crippen LogP contribution in [0.3, 0.4) is 0 Å². The van der Waals surface area contributed by atoms with E-state index in [0.717, 1.165) is 0 Å². The van der Waals surface area contributed by atoms with Gasteiger partial charge in [0.1, 0.15) is 0 Å². The Hall–Kier alpha value is -1.07. The molecule has 0 saturated heterocycles. The molecule has 88 valence electrons. The molecule has 1 rings (SSSR count). The number of carbonyl (C=O) groups is 1. The molecule has 0 radical (unpaired) electrons. The molecule has 5 heteroatoms.